The Morgan fingerprint density at radius 3 is 3.05 bits per heavy atom. The second-order valence-corrected chi connectivity index (χ2v) is 5.58. The average Bonchev–Trinajstić information content (AvgIpc) is 2.56. The molecule has 0 spiro atoms. The first-order chi connectivity index (χ1) is 10.8. The molecule has 5 heteroatoms. The Balaban J connectivity index is 1.84. The number of aromatic nitrogens is 2. The van der Waals surface area contributed by atoms with Crippen molar-refractivity contribution in [1.82, 2.24) is 9.97 Å². The lowest BCUT2D eigenvalue weighted by Gasteiger charge is -2.19. The van der Waals surface area contributed by atoms with Gasteiger partial charge in [0.15, 0.2) is 6.23 Å². The second kappa shape index (κ2) is 6.77. The molecule has 3 heterocycles. The monoisotopic (exact) mass is 297 g/mol. The van der Waals surface area contributed by atoms with Crippen LogP contribution >= 0.6 is 0 Å². The van der Waals surface area contributed by atoms with Crippen molar-refractivity contribution in [2.75, 3.05) is 6.61 Å². The van der Waals surface area contributed by atoms with Crippen LogP contribution in [-0.4, -0.2) is 29.0 Å². The van der Waals surface area contributed by atoms with Crippen LogP contribution in [0, 0.1) is 12.3 Å². The zero-order valence-electron chi connectivity index (χ0n) is 12.7. The fourth-order valence-electron chi connectivity index (χ4n) is 2.62. The fraction of sp³-hybridized carbons (Fsp3) is 0.353. The van der Waals surface area contributed by atoms with Crippen molar-refractivity contribution in [3.63, 3.8) is 0 Å². The molecule has 22 heavy (non-hydrogen) atoms. The lowest BCUT2D eigenvalue weighted by atomic mass is 10.1. The smallest absolute Gasteiger partial charge is 0.194 e. The molecule has 1 aliphatic rings. The molecule has 0 radical (unpaired) electrons. The van der Waals surface area contributed by atoms with Crippen molar-refractivity contribution in [3.8, 4) is 0 Å². The summed E-state index contributed by atoms with van der Waals surface area (Å²) < 4.78 is 5.69. The van der Waals surface area contributed by atoms with E-state index >= 15 is 0 Å². The van der Waals surface area contributed by atoms with Gasteiger partial charge in [-0.05, 0) is 38.0 Å². The van der Waals surface area contributed by atoms with Crippen LogP contribution in [0.4, 0.5) is 0 Å². The van der Waals surface area contributed by atoms with Crippen LogP contribution < -0.4 is 5.32 Å². The van der Waals surface area contributed by atoms with Crippen LogP contribution in [-0.2, 0) is 4.74 Å². The van der Waals surface area contributed by atoms with E-state index in [-0.39, 0.29) is 6.23 Å². The Hall–Kier alpha value is -2.11. The van der Waals surface area contributed by atoms with Gasteiger partial charge in [-0.1, -0.05) is 0 Å². The van der Waals surface area contributed by atoms with Crippen LogP contribution in [0.3, 0.4) is 0 Å². The Labute approximate surface area is 129 Å². The molecule has 114 valence electrons. The van der Waals surface area contributed by atoms with E-state index in [1.165, 1.54) is 12.6 Å². The zero-order chi connectivity index (χ0) is 15.4. The molecule has 5 nitrogen and oxygen atoms in total. The van der Waals surface area contributed by atoms with Crippen LogP contribution in [0.25, 0.3) is 16.6 Å². The van der Waals surface area contributed by atoms with Crippen molar-refractivity contribution < 1.29 is 10.1 Å². The third kappa shape index (κ3) is 3.37. The summed E-state index contributed by atoms with van der Waals surface area (Å²) in [7, 11) is 0. The number of pyridine rings is 2. The highest BCUT2D eigenvalue weighted by atomic mass is 16.5. The van der Waals surface area contributed by atoms with Gasteiger partial charge in [-0.2, -0.15) is 0 Å². The minimum absolute atomic E-state index is 0.164. The molecular weight excluding hydrogens is 276 g/mol. The number of nitrogens with one attached hydrogen (secondary N) is 1. The van der Waals surface area contributed by atoms with Crippen molar-refractivity contribution in [1.29, 1.82) is 5.41 Å². The molecule has 0 amide bonds. The Morgan fingerprint density at radius 2 is 2.27 bits per heavy atom. The van der Waals surface area contributed by atoms with Gasteiger partial charge in [0.25, 0.3) is 0 Å². The number of nitrogens with two attached hydrogens (primary N) is 1. The van der Waals surface area contributed by atoms with E-state index in [0.717, 1.165) is 47.3 Å². The van der Waals surface area contributed by atoms with Crippen LogP contribution in [0.5, 0.6) is 0 Å². The molecule has 1 saturated heterocycles. The predicted molar refractivity (Wildman–Crippen MR) is 86.6 cm³/mol. The van der Waals surface area contributed by atoms with E-state index < -0.39 is 0 Å². The summed E-state index contributed by atoms with van der Waals surface area (Å²) in [4.78, 5) is 8.94. The minimum Gasteiger partial charge on any atom is -0.329 e. The van der Waals surface area contributed by atoms with E-state index in [9.17, 15) is 0 Å². The fourth-order valence-corrected chi connectivity index (χ4v) is 2.62. The summed E-state index contributed by atoms with van der Waals surface area (Å²) in [5.74, 6) is 0. The van der Waals surface area contributed by atoms with Crippen LogP contribution in [0.1, 0.15) is 30.5 Å². The molecule has 2 aromatic heterocycles. The maximum absolute atomic E-state index is 7.66. The number of ether oxygens (including phenoxy) is 1. The van der Waals surface area contributed by atoms with Crippen molar-refractivity contribution in [3.05, 3.63) is 41.9 Å². The molecule has 0 aromatic carbocycles. The number of fused-ring (bicyclic) bond motifs is 1. The highest BCUT2D eigenvalue weighted by Gasteiger charge is 2.15. The number of nitrogens with zero attached hydrogens (tertiary/aromatic N) is 2. The quantitative estimate of drug-likeness (QED) is 0.848. The van der Waals surface area contributed by atoms with E-state index in [1.807, 2.05) is 36.6 Å². The molecule has 1 atom stereocenters. The maximum atomic E-state index is 7.66. The first-order valence-electron chi connectivity index (χ1n) is 7.67. The van der Waals surface area contributed by atoms with Crippen LogP contribution in [0.15, 0.2) is 30.6 Å². The predicted octanol–water partition coefficient (Wildman–Crippen LogP) is 2.02. The van der Waals surface area contributed by atoms with Gasteiger partial charge in [0.2, 0.25) is 0 Å². The molecular formula is C17H21N4O+. The summed E-state index contributed by atoms with van der Waals surface area (Å²) in [5, 5.41) is 9.71. The third-order valence-electron chi connectivity index (χ3n) is 3.87. The van der Waals surface area contributed by atoms with Gasteiger partial charge in [0.05, 0.1) is 23.2 Å². The SMILES string of the molecule is Cc1ccc2ncc(C(C=N)=C[NH2+]C3CCCCO3)cc2n1. The standard InChI is InChI=1S/C17H20N4O/c1-12-5-6-15-16(21-12)8-13(10-19-15)14(9-18)11-20-17-4-2-3-7-22-17/h5-6,8-11,17-18,20H,2-4,7H2,1H3/p+1. The molecule has 0 aliphatic carbocycles. The number of hydrogen-bond acceptors (Lipinski definition) is 4. The minimum atomic E-state index is 0.164. The molecule has 1 aliphatic heterocycles. The topological polar surface area (TPSA) is 75.5 Å². The average molecular weight is 297 g/mol. The van der Waals surface area contributed by atoms with E-state index in [4.69, 9.17) is 10.1 Å². The Bertz CT molecular complexity index is 705. The van der Waals surface area contributed by atoms with Gasteiger partial charge < -0.3 is 10.1 Å². The molecule has 3 rings (SSSR count). The summed E-state index contributed by atoms with van der Waals surface area (Å²) in [5.41, 5.74) is 4.44. The van der Waals surface area contributed by atoms with E-state index in [1.54, 1.807) is 6.20 Å². The molecule has 3 N–H and O–H groups in total. The van der Waals surface area contributed by atoms with Crippen molar-refractivity contribution in [2.24, 2.45) is 0 Å². The van der Waals surface area contributed by atoms with E-state index in [2.05, 4.69) is 9.97 Å². The number of hydrogen-bond donors (Lipinski definition) is 2. The van der Waals surface area contributed by atoms with Gasteiger partial charge in [-0.15, -0.1) is 0 Å². The second-order valence-electron chi connectivity index (χ2n) is 5.58. The number of rotatable bonds is 4. The highest BCUT2D eigenvalue weighted by molar-refractivity contribution is 6.08. The summed E-state index contributed by atoms with van der Waals surface area (Å²) in [6, 6.07) is 5.91. The van der Waals surface area contributed by atoms with Gasteiger partial charge in [-0.3, -0.25) is 15.3 Å². The van der Waals surface area contributed by atoms with Gasteiger partial charge >= 0.3 is 0 Å². The third-order valence-corrected chi connectivity index (χ3v) is 3.87. The van der Waals surface area contributed by atoms with Crippen molar-refractivity contribution >= 4 is 22.8 Å². The summed E-state index contributed by atoms with van der Waals surface area (Å²) in [6.07, 6.45) is 8.68. The van der Waals surface area contributed by atoms with Crippen molar-refractivity contribution in [2.45, 2.75) is 32.4 Å². The maximum Gasteiger partial charge on any atom is 0.194 e. The Morgan fingerprint density at radius 1 is 1.36 bits per heavy atom. The summed E-state index contributed by atoms with van der Waals surface area (Å²) in [6.45, 7) is 2.79. The molecule has 1 unspecified atom stereocenters. The van der Waals surface area contributed by atoms with Crippen LogP contribution in [0.2, 0.25) is 0 Å². The summed E-state index contributed by atoms with van der Waals surface area (Å²) >= 11 is 0. The molecule has 0 bridgehead atoms. The first kappa shape index (κ1) is 14.8. The molecule has 0 saturated carbocycles. The molecule has 2 aromatic rings. The highest BCUT2D eigenvalue weighted by Crippen LogP contribution is 2.16. The lowest BCUT2D eigenvalue weighted by Crippen LogP contribution is -2.86. The van der Waals surface area contributed by atoms with Gasteiger partial charge in [0.1, 0.15) is 6.20 Å². The Kier molecular flexibility index (Phi) is 4.56. The number of aryl methyl sites for hydroxylation is 1. The van der Waals surface area contributed by atoms with Gasteiger partial charge in [-0.25, -0.2) is 0 Å². The largest absolute Gasteiger partial charge is 0.329 e. The zero-order valence-corrected chi connectivity index (χ0v) is 12.7. The molecule has 1 fully saturated rings. The number of allylic oxidation sites excluding steroid dienone is 1. The number of quaternary nitrogens is 1. The normalized spacial score (nSPS) is 19.3. The van der Waals surface area contributed by atoms with E-state index in [0.29, 0.717) is 0 Å². The first-order valence-corrected chi connectivity index (χ1v) is 7.67. The van der Waals surface area contributed by atoms with Gasteiger partial charge in [0, 0.05) is 30.1 Å². The lowest BCUT2D eigenvalue weighted by molar-refractivity contribution is -0.673.